The fourth-order valence-corrected chi connectivity index (χ4v) is 2.41. The van der Waals surface area contributed by atoms with Gasteiger partial charge in [0, 0.05) is 26.1 Å². The largest absolute Gasteiger partial charge is 0.341 e. The molecule has 0 bridgehead atoms. The molecule has 1 fully saturated rings. The molecule has 0 atom stereocenters. The van der Waals surface area contributed by atoms with Gasteiger partial charge in [-0.1, -0.05) is 12.8 Å². The van der Waals surface area contributed by atoms with Crippen LogP contribution in [0.4, 0.5) is 5.95 Å². The molecule has 0 radical (unpaired) electrons. The minimum Gasteiger partial charge on any atom is -0.341 e. The summed E-state index contributed by atoms with van der Waals surface area (Å²) in [7, 11) is 1.79. The highest BCUT2D eigenvalue weighted by atomic mass is 35.5. The van der Waals surface area contributed by atoms with E-state index in [1.165, 1.54) is 23.9 Å². The smallest absolute Gasteiger partial charge is 0.248 e. The molecule has 0 aliphatic carbocycles. The van der Waals surface area contributed by atoms with Crippen LogP contribution in [0.3, 0.4) is 0 Å². The summed E-state index contributed by atoms with van der Waals surface area (Å²) >= 11 is 0. The molecule has 1 aliphatic heterocycles. The fourth-order valence-electron chi connectivity index (χ4n) is 2.41. The van der Waals surface area contributed by atoms with E-state index in [0.29, 0.717) is 13.0 Å². The molecule has 1 aromatic heterocycles. The molecule has 0 unspecified atom stereocenters. The summed E-state index contributed by atoms with van der Waals surface area (Å²) in [5.41, 5.74) is 0. The molecule has 1 aromatic rings. The Kier molecular flexibility index (Phi) is 8.57. The van der Waals surface area contributed by atoms with Gasteiger partial charge in [-0.3, -0.25) is 14.9 Å². The number of rotatable bonds is 6. The zero-order valence-corrected chi connectivity index (χ0v) is 14.3. The van der Waals surface area contributed by atoms with E-state index < -0.39 is 0 Å². The third-order valence-corrected chi connectivity index (χ3v) is 3.65. The number of amides is 2. The van der Waals surface area contributed by atoms with Gasteiger partial charge in [-0.25, -0.2) is 9.67 Å². The Morgan fingerprint density at radius 1 is 1.22 bits per heavy atom. The molecule has 8 nitrogen and oxygen atoms in total. The Balaban J connectivity index is 0.00000264. The summed E-state index contributed by atoms with van der Waals surface area (Å²) in [6.45, 7) is 2.40. The Hall–Kier alpha value is -1.67. The number of carbonyl (C=O) groups excluding carboxylic acids is 2. The van der Waals surface area contributed by atoms with Crippen molar-refractivity contribution in [2.24, 2.45) is 0 Å². The van der Waals surface area contributed by atoms with Gasteiger partial charge in [0.1, 0.15) is 12.9 Å². The molecule has 0 saturated carbocycles. The van der Waals surface area contributed by atoms with E-state index in [4.69, 9.17) is 0 Å². The normalized spacial score (nSPS) is 14.7. The number of anilines is 1. The van der Waals surface area contributed by atoms with Crippen LogP contribution in [0.2, 0.25) is 0 Å². The van der Waals surface area contributed by atoms with E-state index in [0.717, 1.165) is 25.9 Å². The Morgan fingerprint density at radius 2 is 1.91 bits per heavy atom. The van der Waals surface area contributed by atoms with E-state index in [-0.39, 0.29) is 36.7 Å². The van der Waals surface area contributed by atoms with Gasteiger partial charge in [0.2, 0.25) is 17.8 Å². The van der Waals surface area contributed by atoms with Crippen LogP contribution < -0.4 is 10.6 Å². The van der Waals surface area contributed by atoms with Crippen molar-refractivity contribution in [1.29, 1.82) is 0 Å². The number of aromatic nitrogens is 3. The highest BCUT2D eigenvalue weighted by molar-refractivity contribution is 5.88. The maximum Gasteiger partial charge on any atom is 0.248 e. The van der Waals surface area contributed by atoms with Crippen molar-refractivity contribution < 1.29 is 9.59 Å². The van der Waals surface area contributed by atoms with Crippen molar-refractivity contribution in [1.82, 2.24) is 25.0 Å². The first-order chi connectivity index (χ1) is 10.7. The number of carbonyl (C=O) groups is 2. The standard InChI is InChI=1S/C14H24N6O2.ClH/c1-15-7-6-12(21)17-14-16-11-20(18-14)10-13(22)19-8-4-2-3-5-9-19;/h11,15H,2-10H2,1H3,(H,17,18,21);1H. The first-order valence-electron chi connectivity index (χ1n) is 7.80. The number of hydrogen-bond donors (Lipinski definition) is 2. The molecule has 2 N–H and O–H groups in total. The molecular weight excluding hydrogens is 320 g/mol. The van der Waals surface area contributed by atoms with Gasteiger partial charge in [0.15, 0.2) is 0 Å². The summed E-state index contributed by atoms with van der Waals surface area (Å²) in [6.07, 6.45) is 6.35. The van der Waals surface area contributed by atoms with Crippen LogP contribution in [0.25, 0.3) is 0 Å². The third kappa shape index (κ3) is 6.54. The monoisotopic (exact) mass is 344 g/mol. The minimum absolute atomic E-state index is 0. The van der Waals surface area contributed by atoms with Crippen molar-refractivity contribution in [2.45, 2.75) is 38.6 Å². The lowest BCUT2D eigenvalue weighted by Gasteiger charge is -2.19. The van der Waals surface area contributed by atoms with E-state index in [2.05, 4.69) is 20.7 Å². The predicted octanol–water partition coefficient (Wildman–Crippen LogP) is 0.650. The molecule has 9 heteroatoms. The van der Waals surface area contributed by atoms with Crippen LogP contribution in [-0.4, -0.2) is 58.2 Å². The van der Waals surface area contributed by atoms with Crippen LogP contribution in [-0.2, 0) is 16.1 Å². The molecule has 1 aliphatic rings. The Bertz CT molecular complexity index is 499. The molecule has 2 heterocycles. The van der Waals surface area contributed by atoms with Crippen molar-refractivity contribution in [3.63, 3.8) is 0 Å². The van der Waals surface area contributed by atoms with Gasteiger partial charge < -0.3 is 10.2 Å². The first kappa shape index (κ1) is 19.4. The van der Waals surface area contributed by atoms with Crippen LogP contribution in [0.1, 0.15) is 32.1 Å². The van der Waals surface area contributed by atoms with E-state index in [1.807, 2.05) is 4.90 Å². The van der Waals surface area contributed by atoms with Crippen LogP contribution in [0.15, 0.2) is 6.33 Å². The number of hydrogen-bond acceptors (Lipinski definition) is 5. The third-order valence-electron chi connectivity index (χ3n) is 3.65. The molecular formula is C14H25ClN6O2. The van der Waals surface area contributed by atoms with Gasteiger partial charge in [0.25, 0.3) is 0 Å². The Morgan fingerprint density at radius 3 is 2.57 bits per heavy atom. The van der Waals surface area contributed by atoms with E-state index in [9.17, 15) is 9.59 Å². The summed E-state index contributed by atoms with van der Waals surface area (Å²) in [4.78, 5) is 29.7. The SMILES string of the molecule is CNCCC(=O)Nc1ncn(CC(=O)N2CCCCCC2)n1.Cl. The molecule has 23 heavy (non-hydrogen) atoms. The van der Waals surface area contributed by atoms with Gasteiger partial charge in [-0.05, 0) is 19.9 Å². The van der Waals surface area contributed by atoms with Gasteiger partial charge in [0.05, 0.1) is 0 Å². The highest BCUT2D eigenvalue weighted by Gasteiger charge is 2.16. The number of nitrogens with one attached hydrogen (secondary N) is 2. The Labute approximate surface area is 142 Å². The minimum atomic E-state index is -0.147. The molecule has 0 spiro atoms. The highest BCUT2D eigenvalue weighted by Crippen LogP contribution is 2.10. The predicted molar refractivity (Wildman–Crippen MR) is 89.5 cm³/mol. The quantitative estimate of drug-likeness (QED) is 0.790. The molecule has 0 aromatic carbocycles. The fraction of sp³-hybridized carbons (Fsp3) is 0.714. The van der Waals surface area contributed by atoms with Gasteiger partial charge in [-0.15, -0.1) is 17.5 Å². The number of halogens is 1. The van der Waals surface area contributed by atoms with Crippen molar-refractivity contribution >= 4 is 30.2 Å². The lowest BCUT2D eigenvalue weighted by atomic mass is 10.2. The maximum absolute atomic E-state index is 12.2. The summed E-state index contributed by atoms with van der Waals surface area (Å²) in [6, 6.07) is 0. The molecule has 130 valence electrons. The second-order valence-corrected chi connectivity index (χ2v) is 5.46. The van der Waals surface area contributed by atoms with Crippen molar-refractivity contribution in [3.8, 4) is 0 Å². The average molecular weight is 345 g/mol. The van der Waals surface area contributed by atoms with Crippen LogP contribution >= 0.6 is 12.4 Å². The second kappa shape index (κ2) is 10.2. The zero-order valence-electron chi connectivity index (χ0n) is 13.5. The molecule has 2 rings (SSSR count). The summed E-state index contributed by atoms with van der Waals surface area (Å²) in [5.74, 6) is 0.149. The summed E-state index contributed by atoms with van der Waals surface area (Å²) in [5, 5.41) is 9.64. The topological polar surface area (TPSA) is 92.2 Å². The molecule has 2 amide bonds. The number of likely N-dealkylation sites (tertiary alicyclic amines) is 1. The average Bonchev–Trinajstić information content (AvgIpc) is 2.77. The van der Waals surface area contributed by atoms with Gasteiger partial charge >= 0.3 is 0 Å². The van der Waals surface area contributed by atoms with Crippen molar-refractivity contribution in [2.75, 3.05) is 32.0 Å². The van der Waals surface area contributed by atoms with E-state index in [1.54, 1.807) is 7.05 Å². The summed E-state index contributed by atoms with van der Waals surface area (Å²) < 4.78 is 1.47. The first-order valence-corrected chi connectivity index (χ1v) is 7.80. The van der Waals surface area contributed by atoms with Crippen LogP contribution in [0.5, 0.6) is 0 Å². The number of nitrogens with zero attached hydrogens (tertiary/aromatic N) is 4. The lowest BCUT2D eigenvalue weighted by molar-refractivity contribution is -0.132. The maximum atomic E-state index is 12.2. The van der Waals surface area contributed by atoms with E-state index >= 15 is 0 Å². The van der Waals surface area contributed by atoms with Gasteiger partial charge in [-0.2, -0.15) is 0 Å². The zero-order chi connectivity index (χ0) is 15.8. The van der Waals surface area contributed by atoms with Crippen molar-refractivity contribution in [3.05, 3.63) is 6.33 Å². The second-order valence-electron chi connectivity index (χ2n) is 5.46. The lowest BCUT2D eigenvalue weighted by Crippen LogP contribution is -2.34. The molecule has 1 saturated heterocycles. The van der Waals surface area contributed by atoms with Crippen LogP contribution in [0, 0.1) is 0 Å².